The maximum atomic E-state index is 12.1. The molecule has 6 heteroatoms. The summed E-state index contributed by atoms with van der Waals surface area (Å²) < 4.78 is 41.2. The summed E-state index contributed by atoms with van der Waals surface area (Å²) in [4.78, 5) is 0.171. The molecular formula is C16H22O5S. The number of hydrogen-bond donors (Lipinski definition) is 0. The first-order chi connectivity index (χ1) is 10.5. The van der Waals surface area contributed by atoms with Crippen LogP contribution in [0.4, 0.5) is 0 Å². The van der Waals surface area contributed by atoms with E-state index in [1.807, 2.05) is 6.92 Å². The summed E-state index contributed by atoms with van der Waals surface area (Å²) in [6.45, 7) is 2.30. The van der Waals surface area contributed by atoms with Gasteiger partial charge >= 0.3 is 0 Å². The zero-order valence-electron chi connectivity index (χ0n) is 12.8. The molecule has 1 saturated heterocycles. The Morgan fingerprint density at radius 1 is 1.18 bits per heavy atom. The minimum absolute atomic E-state index is 0.00202. The minimum Gasteiger partial charge on any atom is -0.347 e. The van der Waals surface area contributed by atoms with Gasteiger partial charge in [-0.1, -0.05) is 24.1 Å². The Morgan fingerprint density at radius 2 is 1.86 bits per heavy atom. The van der Waals surface area contributed by atoms with E-state index in [1.54, 1.807) is 24.3 Å². The van der Waals surface area contributed by atoms with E-state index in [-0.39, 0.29) is 17.6 Å². The summed E-state index contributed by atoms with van der Waals surface area (Å²) in [6, 6.07) is 6.61. The third-order valence-corrected chi connectivity index (χ3v) is 5.54. The first-order valence-corrected chi connectivity index (χ1v) is 9.18. The zero-order chi connectivity index (χ0) is 15.6. The monoisotopic (exact) mass is 326 g/mol. The second-order valence-electron chi connectivity index (χ2n) is 6.07. The van der Waals surface area contributed by atoms with Crippen LogP contribution in [0.3, 0.4) is 0 Å². The Hall–Kier alpha value is -0.950. The standard InChI is InChI=1S/C16H22O5S/c1-13-5-7-15(8-6-13)22(17,18)20-12-14-11-19-16(21-14)9-3-2-4-10-16/h5-8,14H,2-4,9-12H2,1H3/t14-/m0/s1. The predicted octanol–water partition coefficient (Wildman–Crippen LogP) is 2.78. The first kappa shape index (κ1) is 15.9. The molecule has 1 aliphatic carbocycles. The molecule has 0 bridgehead atoms. The second kappa shape index (κ2) is 6.28. The van der Waals surface area contributed by atoms with Crippen molar-refractivity contribution in [1.82, 2.24) is 0 Å². The van der Waals surface area contributed by atoms with E-state index in [2.05, 4.69) is 0 Å². The Labute approximate surface area is 131 Å². The highest BCUT2D eigenvalue weighted by molar-refractivity contribution is 7.86. The van der Waals surface area contributed by atoms with Crippen LogP contribution in [0.5, 0.6) is 0 Å². The molecule has 1 saturated carbocycles. The van der Waals surface area contributed by atoms with Gasteiger partial charge in [0.2, 0.25) is 0 Å². The average Bonchev–Trinajstić information content (AvgIpc) is 2.89. The predicted molar refractivity (Wildman–Crippen MR) is 81.0 cm³/mol. The summed E-state index contributed by atoms with van der Waals surface area (Å²) in [5.74, 6) is -0.500. The third-order valence-electron chi connectivity index (χ3n) is 4.25. The summed E-state index contributed by atoms with van der Waals surface area (Å²) in [6.07, 6.45) is 4.84. The molecule has 3 rings (SSSR count). The molecule has 0 aromatic heterocycles. The molecule has 122 valence electrons. The lowest BCUT2D eigenvalue weighted by Crippen LogP contribution is -2.34. The third kappa shape index (κ3) is 3.51. The molecule has 1 aromatic carbocycles. The molecule has 1 heterocycles. The number of aryl methyl sites for hydroxylation is 1. The molecule has 1 aromatic rings. The lowest BCUT2D eigenvalue weighted by atomic mass is 9.94. The number of hydrogen-bond acceptors (Lipinski definition) is 5. The Morgan fingerprint density at radius 3 is 2.55 bits per heavy atom. The van der Waals surface area contributed by atoms with E-state index in [9.17, 15) is 8.42 Å². The van der Waals surface area contributed by atoms with Gasteiger partial charge in [-0.2, -0.15) is 8.42 Å². The van der Waals surface area contributed by atoms with Crippen molar-refractivity contribution in [3.63, 3.8) is 0 Å². The molecule has 1 spiro atoms. The SMILES string of the molecule is Cc1ccc(S(=O)(=O)OC[C@@H]2COC3(CCCCC3)O2)cc1. The second-order valence-corrected chi connectivity index (χ2v) is 7.69. The van der Waals surface area contributed by atoms with Crippen LogP contribution < -0.4 is 0 Å². The Balaban J connectivity index is 1.57. The van der Waals surface area contributed by atoms with Crippen molar-refractivity contribution in [2.45, 2.75) is 55.8 Å². The fourth-order valence-corrected chi connectivity index (χ4v) is 3.93. The highest BCUT2D eigenvalue weighted by Crippen LogP contribution is 2.37. The average molecular weight is 326 g/mol. The van der Waals surface area contributed by atoms with Gasteiger partial charge < -0.3 is 9.47 Å². The number of rotatable bonds is 4. The van der Waals surface area contributed by atoms with Gasteiger partial charge in [-0.05, 0) is 31.9 Å². The van der Waals surface area contributed by atoms with E-state index in [1.165, 1.54) is 6.42 Å². The molecule has 2 fully saturated rings. The quantitative estimate of drug-likeness (QED) is 0.796. The molecule has 0 amide bonds. The van der Waals surface area contributed by atoms with Gasteiger partial charge in [-0.15, -0.1) is 0 Å². The van der Waals surface area contributed by atoms with Gasteiger partial charge in [0.1, 0.15) is 6.10 Å². The van der Waals surface area contributed by atoms with Crippen molar-refractivity contribution in [3.8, 4) is 0 Å². The van der Waals surface area contributed by atoms with Gasteiger partial charge in [0.25, 0.3) is 10.1 Å². The van der Waals surface area contributed by atoms with E-state index in [0.717, 1.165) is 31.2 Å². The fourth-order valence-electron chi connectivity index (χ4n) is 2.99. The highest BCUT2D eigenvalue weighted by Gasteiger charge is 2.42. The Bertz CT molecular complexity index is 602. The lowest BCUT2D eigenvalue weighted by Gasteiger charge is -2.31. The molecule has 0 unspecified atom stereocenters. The van der Waals surface area contributed by atoms with Gasteiger partial charge in [0, 0.05) is 12.8 Å². The van der Waals surface area contributed by atoms with Crippen molar-refractivity contribution in [3.05, 3.63) is 29.8 Å². The largest absolute Gasteiger partial charge is 0.347 e. The normalized spacial score (nSPS) is 24.7. The summed E-state index contributed by atoms with van der Waals surface area (Å²) >= 11 is 0. The number of ether oxygens (including phenoxy) is 2. The molecule has 5 nitrogen and oxygen atoms in total. The van der Waals surface area contributed by atoms with Crippen molar-refractivity contribution >= 4 is 10.1 Å². The maximum Gasteiger partial charge on any atom is 0.297 e. The van der Waals surface area contributed by atoms with Gasteiger partial charge in [-0.3, -0.25) is 4.18 Å². The zero-order valence-corrected chi connectivity index (χ0v) is 13.6. The summed E-state index contributed by atoms with van der Waals surface area (Å²) in [5.41, 5.74) is 1.01. The van der Waals surface area contributed by atoms with E-state index in [4.69, 9.17) is 13.7 Å². The number of benzene rings is 1. The van der Waals surface area contributed by atoms with Crippen LogP contribution in [0.15, 0.2) is 29.2 Å². The first-order valence-electron chi connectivity index (χ1n) is 7.77. The van der Waals surface area contributed by atoms with Gasteiger partial charge in [0.15, 0.2) is 5.79 Å². The van der Waals surface area contributed by atoms with Crippen molar-refractivity contribution in [2.24, 2.45) is 0 Å². The van der Waals surface area contributed by atoms with Crippen LogP contribution in [-0.2, 0) is 23.8 Å². The van der Waals surface area contributed by atoms with Crippen molar-refractivity contribution < 1.29 is 22.1 Å². The van der Waals surface area contributed by atoms with Crippen LogP contribution in [0.2, 0.25) is 0 Å². The fraction of sp³-hybridized carbons (Fsp3) is 0.625. The lowest BCUT2D eigenvalue weighted by molar-refractivity contribution is -0.189. The molecule has 0 radical (unpaired) electrons. The van der Waals surface area contributed by atoms with Crippen LogP contribution in [0.25, 0.3) is 0 Å². The molecular weight excluding hydrogens is 304 g/mol. The van der Waals surface area contributed by atoms with Crippen molar-refractivity contribution in [1.29, 1.82) is 0 Å². The molecule has 1 atom stereocenters. The van der Waals surface area contributed by atoms with Gasteiger partial charge in [0.05, 0.1) is 18.1 Å². The van der Waals surface area contributed by atoms with E-state index in [0.29, 0.717) is 6.61 Å². The highest BCUT2D eigenvalue weighted by atomic mass is 32.2. The van der Waals surface area contributed by atoms with Crippen LogP contribution >= 0.6 is 0 Å². The summed E-state index contributed by atoms with van der Waals surface area (Å²) in [5, 5.41) is 0. The van der Waals surface area contributed by atoms with Crippen LogP contribution in [0, 0.1) is 6.92 Å². The molecule has 2 aliphatic rings. The minimum atomic E-state index is -3.74. The Kier molecular flexibility index (Phi) is 4.54. The smallest absolute Gasteiger partial charge is 0.297 e. The van der Waals surface area contributed by atoms with E-state index >= 15 is 0 Å². The maximum absolute atomic E-state index is 12.1. The van der Waals surface area contributed by atoms with Gasteiger partial charge in [-0.25, -0.2) is 0 Å². The molecule has 22 heavy (non-hydrogen) atoms. The van der Waals surface area contributed by atoms with Crippen molar-refractivity contribution in [2.75, 3.05) is 13.2 Å². The summed E-state index contributed by atoms with van der Waals surface area (Å²) in [7, 11) is -3.74. The van der Waals surface area contributed by atoms with E-state index < -0.39 is 15.9 Å². The van der Waals surface area contributed by atoms with Crippen LogP contribution in [-0.4, -0.2) is 33.5 Å². The molecule has 0 N–H and O–H groups in total. The topological polar surface area (TPSA) is 61.8 Å². The molecule has 1 aliphatic heterocycles. The van der Waals surface area contributed by atoms with Crippen LogP contribution in [0.1, 0.15) is 37.7 Å².